The number of aryl methyl sites for hydroxylation is 1. The second-order valence-electron chi connectivity index (χ2n) is 5.26. The van der Waals surface area contributed by atoms with Gasteiger partial charge in [-0.3, -0.25) is 0 Å². The zero-order valence-electron chi connectivity index (χ0n) is 11.2. The van der Waals surface area contributed by atoms with Gasteiger partial charge in [-0.15, -0.1) is 11.6 Å². The van der Waals surface area contributed by atoms with Crippen LogP contribution in [-0.2, 0) is 5.88 Å². The maximum Gasteiger partial charge on any atom is 0.225 e. The van der Waals surface area contributed by atoms with Crippen LogP contribution in [-0.4, -0.2) is 33.6 Å². The molecule has 1 fully saturated rings. The molecule has 3 nitrogen and oxygen atoms in total. The van der Waals surface area contributed by atoms with Crippen LogP contribution in [0, 0.1) is 6.92 Å². The van der Waals surface area contributed by atoms with Crippen molar-refractivity contribution in [1.82, 2.24) is 9.97 Å². The fourth-order valence-electron chi connectivity index (χ4n) is 1.98. The van der Waals surface area contributed by atoms with Gasteiger partial charge in [0.1, 0.15) is 0 Å². The molecule has 18 heavy (non-hydrogen) atoms. The smallest absolute Gasteiger partial charge is 0.225 e. The fraction of sp³-hybridized carbons (Fsp3) is 0.692. The van der Waals surface area contributed by atoms with Gasteiger partial charge in [0.2, 0.25) is 5.95 Å². The van der Waals surface area contributed by atoms with Crippen LogP contribution in [0.25, 0.3) is 0 Å². The number of anilines is 1. The molecule has 0 atom stereocenters. The number of hydrogen-bond donors (Lipinski definition) is 0. The van der Waals surface area contributed by atoms with Gasteiger partial charge in [-0.1, -0.05) is 13.8 Å². The van der Waals surface area contributed by atoms with Gasteiger partial charge in [-0.05, 0) is 13.3 Å². The molecule has 100 valence electrons. The molecule has 0 radical (unpaired) electrons. The third-order valence-electron chi connectivity index (χ3n) is 3.33. The lowest BCUT2D eigenvalue weighted by Crippen LogP contribution is -2.28. The molecule has 1 aromatic rings. The molecular formula is C13H20ClN3S. The van der Waals surface area contributed by atoms with Gasteiger partial charge < -0.3 is 4.90 Å². The van der Waals surface area contributed by atoms with Crippen LogP contribution in [0.15, 0.2) is 6.20 Å². The first kappa shape index (κ1) is 13.9. The van der Waals surface area contributed by atoms with E-state index in [0.29, 0.717) is 10.6 Å². The molecule has 0 unspecified atom stereocenters. The van der Waals surface area contributed by atoms with E-state index in [9.17, 15) is 0 Å². The Labute approximate surface area is 118 Å². The van der Waals surface area contributed by atoms with Gasteiger partial charge >= 0.3 is 0 Å². The van der Waals surface area contributed by atoms with Crippen LogP contribution in [0.2, 0.25) is 0 Å². The van der Waals surface area contributed by atoms with Crippen molar-refractivity contribution < 1.29 is 0 Å². The Morgan fingerprint density at radius 1 is 1.44 bits per heavy atom. The van der Waals surface area contributed by atoms with Crippen molar-refractivity contribution in [2.24, 2.45) is 0 Å². The second-order valence-corrected chi connectivity index (χ2v) is 7.33. The van der Waals surface area contributed by atoms with Gasteiger partial charge in [0.25, 0.3) is 0 Å². The van der Waals surface area contributed by atoms with E-state index in [2.05, 4.69) is 28.7 Å². The number of halogens is 1. The standard InChI is InChI=1S/C13H20ClN3S/c1-10-11(8-14)9-15-12(16-10)17-5-4-13(2,3)18-7-6-17/h9H,4-8H2,1-3H3. The summed E-state index contributed by atoms with van der Waals surface area (Å²) in [5.41, 5.74) is 2.01. The Kier molecular flexibility index (Phi) is 4.38. The summed E-state index contributed by atoms with van der Waals surface area (Å²) in [6, 6.07) is 0. The Morgan fingerprint density at radius 3 is 2.89 bits per heavy atom. The SMILES string of the molecule is Cc1nc(N2CCSC(C)(C)CC2)ncc1CCl. The summed E-state index contributed by atoms with van der Waals surface area (Å²) in [6.45, 7) is 8.67. The lowest BCUT2D eigenvalue weighted by Gasteiger charge is -2.23. The molecule has 0 bridgehead atoms. The molecule has 0 amide bonds. The molecule has 0 aliphatic carbocycles. The lowest BCUT2D eigenvalue weighted by atomic mass is 10.1. The van der Waals surface area contributed by atoms with E-state index < -0.39 is 0 Å². The van der Waals surface area contributed by atoms with E-state index in [4.69, 9.17) is 11.6 Å². The van der Waals surface area contributed by atoms with Crippen LogP contribution < -0.4 is 4.90 Å². The lowest BCUT2D eigenvalue weighted by molar-refractivity contribution is 0.631. The van der Waals surface area contributed by atoms with E-state index in [1.807, 2.05) is 24.9 Å². The molecule has 2 heterocycles. The summed E-state index contributed by atoms with van der Waals surface area (Å²) in [5, 5.41) is 0. The van der Waals surface area contributed by atoms with Crippen molar-refractivity contribution >= 4 is 29.3 Å². The molecule has 1 aliphatic heterocycles. The van der Waals surface area contributed by atoms with Gasteiger partial charge in [-0.25, -0.2) is 9.97 Å². The number of hydrogen-bond acceptors (Lipinski definition) is 4. The van der Waals surface area contributed by atoms with Crippen LogP contribution in [0.3, 0.4) is 0 Å². The average molecular weight is 286 g/mol. The van der Waals surface area contributed by atoms with Crippen molar-refractivity contribution in [2.45, 2.75) is 37.8 Å². The number of thioether (sulfide) groups is 1. The Bertz CT molecular complexity index is 423. The first-order valence-corrected chi connectivity index (χ1v) is 7.81. The molecule has 0 spiro atoms. The monoisotopic (exact) mass is 285 g/mol. The second kappa shape index (κ2) is 5.66. The molecule has 0 N–H and O–H groups in total. The molecule has 5 heteroatoms. The van der Waals surface area contributed by atoms with Crippen molar-refractivity contribution in [1.29, 1.82) is 0 Å². The minimum atomic E-state index is 0.361. The van der Waals surface area contributed by atoms with E-state index in [0.717, 1.165) is 42.5 Å². The molecule has 1 aromatic heterocycles. The minimum absolute atomic E-state index is 0.361. The van der Waals surface area contributed by atoms with Gasteiger partial charge in [0.15, 0.2) is 0 Å². The van der Waals surface area contributed by atoms with Crippen molar-refractivity contribution in [3.63, 3.8) is 0 Å². The zero-order valence-corrected chi connectivity index (χ0v) is 12.8. The number of nitrogens with zero attached hydrogens (tertiary/aromatic N) is 3. The predicted octanol–water partition coefficient (Wildman–Crippen LogP) is 3.25. The number of aromatic nitrogens is 2. The summed E-state index contributed by atoms with van der Waals surface area (Å²) in [6.07, 6.45) is 3.02. The Hall–Kier alpha value is -0.480. The molecule has 1 aliphatic rings. The first-order chi connectivity index (χ1) is 8.52. The van der Waals surface area contributed by atoms with Crippen LogP contribution in [0.1, 0.15) is 31.5 Å². The van der Waals surface area contributed by atoms with E-state index in [1.54, 1.807) is 0 Å². The van der Waals surface area contributed by atoms with Crippen molar-refractivity contribution in [3.8, 4) is 0 Å². The normalized spacial score (nSPS) is 19.7. The van der Waals surface area contributed by atoms with Crippen LogP contribution in [0.5, 0.6) is 0 Å². The summed E-state index contributed by atoms with van der Waals surface area (Å²) in [5.74, 6) is 2.46. The Morgan fingerprint density at radius 2 is 2.22 bits per heavy atom. The van der Waals surface area contributed by atoms with Gasteiger partial charge in [-0.2, -0.15) is 11.8 Å². The maximum absolute atomic E-state index is 5.84. The first-order valence-electron chi connectivity index (χ1n) is 6.29. The molecule has 2 rings (SSSR count). The average Bonchev–Trinajstić information content (AvgIpc) is 2.50. The summed E-state index contributed by atoms with van der Waals surface area (Å²) >= 11 is 7.87. The number of rotatable bonds is 2. The topological polar surface area (TPSA) is 29.0 Å². The summed E-state index contributed by atoms with van der Waals surface area (Å²) < 4.78 is 0.361. The summed E-state index contributed by atoms with van der Waals surface area (Å²) in [7, 11) is 0. The van der Waals surface area contributed by atoms with Gasteiger partial charge in [0, 0.05) is 41.0 Å². The van der Waals surface area contributed by atoms with Crippen molar-refractivity contribution in [2.75, 3.05) is 23.7 Å². The molecular weight excluding hydrogens is 266 g/mol. The molecule has 0 saturated carbocycles. The zero-order chi connectivity index (χ0) is 13.2. The van der Waals surface area contributed by atoms with Crippen LogP contribution in [0.4, 0.5) is 5.95 Å². The highest BCUT2D eigenvalue weighted by molar-refractivity contribution is 8.00. The van der Waals surface area contributed by atoms with E-state index >= 15 is 0 Å². The van der Waals surface area contributed by atoms with Crippen LogP contribution >= 0.6 is 23.4 Å². The number of alkyl halides is 1. The Balaban J connectivity index is 2.14. The highest BCUT2D eigenvalue weighted by atomic mass is 35.5. The third kappa shape index (κ3) is 3.29. The predicted molar refractivity (Wildman–Crippen MR) is 79.7 cm³/mol. The molecule has 1 saturated heterocycles. The quantitative estimate of drug-likeness (QED) is 0.780. The minimum Gasteiger partial charge on any atom is -0.340 e. The van der Waals surface area contributed by atoms with Crippen molar-refractivity contribution in [3.05, 3.63) is 17.5 Å². The van der Waals surface area contributed by atoms with Gasteiger partial charge in [0.05, 0.1) is 5.88 Å². The molecule has 0 aromatic carbocycles. The highest BCUT2D eigenvalue weighted by Gasteiger charge is 2.24. The largest absolute Gasteiger partial charge is 0.340 e. The van der Waals surface area contributed by atoms with E-state index in [-0.39, 0.29) is 0 Å². The third-order valence-corrected chi connectivity index (χ3v) is 4.99. The highest BCUT2D eigenvalue weighted by Crippen LogP contribution is 2.31. The van der Waals surface area contributed by atoms with E-state index in [1.165, 1.54) is 0 Å². The summed E-state index contributed by atoms with van der Waals surface area (Å²) in [4.78, 5) is 11.3. The fourth-order valence-corrected chi connectivity index (χ4v) is 3.35. The maximum atomic E-state index is 5.84.